The van der Waals surface area contributed by atoms with Crippen molar-refractivity contribution in [2.45, 2.75) is 0 Å². The molecule has 0 saturated carbocycles. The summed E-state index contributed by atoms with van der Waals surface area (Å²) in [6, 6.07) is 195. The second-order valence-corrected chi connectivity index (χ2v) is 37.8. The molecule has 0 fully saturated rings. The summed E-state index contributed by atoms with van der Waals surface area (Å²) in [5.41, 5.74) is 33.0. The van der Waals surface area contributed by atoms with E-state index in [0.717, 1.165) is 96.2 Å². The number of benzene rings is 22. The highest BCUT2D eigenvalue weighted by Crippen LogP contribution is 2.53. The Morgan fingerprint density at radius 1 is 0.191 bits per heavy atom. The van der Waals surface area contributed by atoms with Crippen molar-refractivity contribution in [3.8, 4) is 78.1 Å². The molecule has 668 valence electrons. The summed E-state index contributed by atoms with van der Waals surface area (Å²) in [5, 5.41) is 14.1. The summed E-state index contributed by atoms with van der Waals surface area (Å²) in [5.74, 6) is 0. The van der Waals surface area contributed by atoms with Crippen molar-refractivity contribution in [1.82, 2.24) is 9.13 Å². The maximum absolute atomic E-state index is 7.06. The minimum absolute atomic E-state index is 0.682. The van der Waals surface area contributed by atoms with Crippen LogP contribution in [0.25, 0.3) is 162 Å². The molecule has 0 bridgehead atoms. The molecule has 26 rings (SSSR count). The molecule has 0 aliphatic carbocycles. The summed E-state index contributed by atoms with van der Waals surface area (Å²) >= 11 is 10.8. The summed E-state index contributed by atoms with van der Waals surface area (Å²) in [6.45, 7) is 0. The standard InChI is InChI=1S/C66H45N3S.C54H35ClN2S.C12H11N/c1-6-21-46(22-7-1)47-37-39-55(40-38-47)68(53-29-12-4-13-30-53)57-43-50(42-56(44-57)67(51-25-8-2-9-26-51)52-27-10-3-11-28-52)48-23-20-24-49(41-48)60-45-61-58-33-16-18-35-62(58)69(54-31-14-5-15-32-54)65(61)66-64(60)59-34-17-19-36-63(59)70-66;55-41-32-40(33-45(34-41)56(42-19-6-2-7-20-42)44-29-27-37(28-30-44)36-15-4-1-5-16-36)38-17-14-18-39(31-38)48-35-49-46-23-10-12-25-50(46)57(43-21-8-3-9-22-43)53(49)54-52(48)47-24-11-13-26-51(47)58-54;1-3-7-11(8-4-1)13-12-9-5-2-6-10-12/h1-45H;1-35H;1-10,13H. The van der Waals surface area contributed by atoms with Crippen LogP contribution in [0.3, 0.4) is 0 Å². The summed E-state index contributed by atoms with van der Waals surface area (Å²) < 4.78 is 10.1. The number of para-hydroxylation sites is 10. The summed E-state index contributed by atoms with van der Waals surface area (Å²) in [4.78, 5) is 7.04. The molecule has 0 aliphatic heterocycles. The largest absolute Gasteiger partial charge is 0.356 e. The molecule has 9 heteroatoms. The number of halogens is 1. The molecule has 26 aromatic rings. The Morgan fingerprint density at radius 2 is 0.475 bits per heavy atom. The normalized spacial score (nSPS) is 11.3. The van der Waals surface area contributed by atoms with Crippen LogP contribution < -0.4 is 20.0 Å². The van der Waals surface area contributed by atoms with Crippen molar-refractivity contribution in [3.05, 3.63) is 551 Å². The van der Waals surface area contributed by atoms with E-state index in [9.17, 15) is 0 Å². The number of fused-ring (bicyclic) bond motifs is 14. The monoisotopic (exact) mass is 1860 g/mol. The Morgan fingerprint density at radius 3 is 0.851 bits per heavy atom. The summed E-state index contributed by atoms with van der Waals surface area (Å²) in [6.07, 6.45) is 0. The highest BCUT2D eigenvalue weighted by molar-refractivity contribution is 7.27. The number of nitrogens with one attached hydrogen (secondary N) is 1. The molecule has 0 atom stereocenters. The molecule has 1 N–H and O–H groups in total. The fraction of sp³-hybridized carbons (Fsp3) is 0. The van der Waals surface area contributed by atoms with Gasteiger partial charge >= 0.3 is 0 Å². The first-order valence-electron chi connectivity index (χ1n) is 47.7. The van der Waals surface area contributed by atoms with Crippen molar-refractivity contribution in [3.63, 3.8) is 0 Å². The van der Waals surface area contributed by atoms with Crippen molar-refractivity contribution in [2.24, 2.45) is 0 Å². The van der Waals surface area contributed by atoms with Gasteiger partial charge in [0, 0.05) is 131 Å². The molecule has 0 unspecified atom stereocenters. The third-order valence-electron chi connectivity index (χ3n) is 26.5. The first-order chi connectivity index (χ1) is 69.9. The molecule has 0 spiro atoms. The van der Waals surface area contributed by atoms with Crippen LogP contribution in [0.4, 0.5) is 62.6 Å². The van der Waals surface area contributed by atoms with E-state index in [4.69, 9.17) is 11.6 Å². The highest BCUT2D eigenvalue weighted by atomic mass is 35.5. The van der Waals surface area contributed by atoms with E-state index in [1.807, 2.05) is 83.3 Å². The Hall–Kier alpha value is -17.6. The van der Waals surface area contributed by atoms with Crippen LogP contribution in [-0.4, -0.2) is 9.13 Å². The Balaban J connectivity index is 0.000000137. The van der Waals surface area contributed by atoms with Crippen LogP contribution in [-0.2, 0) is 0 Å². The van der Waals surface area contributed by atoms with Gasteiger partial charge in [0.1, 0.15) is 0 Å². The van der Waals surface area contributed by atoms with Crippen molar-refractivity contribution in [2.75, 3.05) is 20.0 Å². The molecular weight excluding hydrogens is 1770 g/mol. The number of hydrogen-bond acceptors (Lipinski definition) is 6. The number of thiophene rings is 2. The second-order valence-electron chi connectivity index (χ2n) is 35.3. The van der Waals surface area contributed by atoms with Crippen molar-refractivity contribution < 1.29 is 0 Å². The molecule has 22 aromatic carbocycles. The van der Waals surface area contributed by atoms with Crippen LogP contribution in [0.5, 0.6) is 0 Å². The van der Waals surface area contributed by atoms with Crippen LogP contribution in [0.1, 0.15) is 0 Å². The number of aromatic nitrogens is 2. The van der Waals surface area contributed by atoms with E-state index < -0.39 is 0 Å². The molecule has 4 aromatic heterocycles. The van der Waals surface area contributed by atoms with Gasteiger partial charge in [0.25, 0.3) is 0 Å². The number of nitrogens with zero attached hydrogens (tertiary/aromatic N) is 5. The number of rotatable bonds is 19. The van der Waals surface area contributed by atoms with Crippen LogP contribution in [0, 0.1) is 0 Å². The zero-order valence-corrected chi connectivity index (χ0v) is 79.3. The first kappa shape index (κ1) is 86.2. The van der Waals surface area contributed by atoms with E-state index in [0.29, 0.717) is 5.02 Å². The molecule has 0 saturated heterocycles. The van der Waals surface area contributed by atoms with Gasteiger partial charge < -0.3 is 29.2 Å². The average Bonchev–Trinajstić information content (AvgIpc) is 1.55. The van der Waals surface area contributed by atoms with Crippen LogP contribution in [0.15, 0.2) is 546 Å². The van der Waals surface area contributed by atoms with Gasteiger partial charge in [0.2, 0.25) is 0 Å². The zero-order chi connectivity index (χ0) is 93.9. The summed E-state index contributed by atoms with van der Waals surface area (Å²) in [7, 11) is 0. The Kier molecular flexibility index (Phi) is 23.5. The predicted octanol–water partition coefficient (Wildman–Crippen LogP) is 38.8. The molecule has 6 nitrogen and oxygen atoms in total. The maximum Gasteiger partial charge on any atom is 0.0720 e. The van der Waals surface area contributed by atoms with Gasteiger partial charge in [-0.1, -0.05) is 351 Å². The first-order valence-corrected chi connectivity index (χ1v) is 49.7. The third-order valence-corrected chi connectivity index (χ3v) is 29.1. The van der Waals surface area contributed by atoms with E-state index in [1.165, 1.54) is 128 Å². The lowest BCUT2D eigenvalue weighted by atomic mass is 9.93. The molecule has 0 aliphatic rings. The van der Waals surface area contributed by atoms with Gasteiger partial charge in [-0.15, -0.1) is 22.7 Å². The predicted molar refractivity (Wildman–Crippen MR) is 605 cm³/mol. The number of anilines is 11. The van der Waals surface area contributed by atoms with Gasteiger partial charge in [-0.3, -0.25) is 0 Å². The van der Waals surface area contributed by atoms with Crippen molar-refractivity contribution in [1.29, 1.82) is 0 Å². The minimum Gasteiger partial charge on any atom is -0.356 e. The van der Waals surface area contributed by atoms with Gasteiger partial charge in [0.15, 0.2) is 0 Å². The number of hydrogen-bond donors (Lipinski definition) is 1. The lowest BCUT2D eigenvalue weighted by Gasteiger charge is -2.30. The molecule has 4 heterocycles. The lowest BCUT2D eigenvalue weighted by molar-refractivity contribution is 1.19. The smallest absolute Gasteiger partial charge is 0.0720 e. The maximum atomic E-state index is 7.06. The quantitative estimate of drug-likeness (QED) is 0.0874. The third kappa shape index (κ3) is 17.1. The zero-order valence-electron chi connectivity index (χ0n) is 76.9. The Bertz CT molecular complexity index is 8900. The van der Waals surface area contributed by atoms with Crippen LogP contribution in [0.2, 0.25) is 5.02 Å². The molecule has 0 radical (unpaired) electrons. The van der Waals surface area contributed by atoms with E-state index in [-0.39, 0.29) is 0 Å². The van der Waals surface area contributed by atoms with E-state index in [1.54, 1.807) is 0 Å². The lowest BCUT2D eigenvalue weighted by Crippen LogP contribution is -2.13. The fourth-order valence-corrected chi connectivity index (χ4v) is 22.9. The highest BCUT2D eigenvalue weighted by Gasteiger charge is 2.27. The SMILES string of the molecule is Clc1cc(-c2cccc(-c3cc4c5ccccc5n(-c5ccccc5)c4c4sc5ccccc5c34)c2)cc(N(c2ccccc2)c2ccc(-c3ccccc3)cc2)c1.c1ccc(-c2ccc(N(c3ccccc3)c3cc(-c4cccc(-c5cc6c7ccccc7n(-c7ccccc7)c6c6sc7ccccc7c56)c4)cc(N(c4ccccc4)c4ccccc4)c3)cc2)cc1.c1ccc(Nc2ccccc2)cc1. The van der Waals surface area contributed by atoms with E-state index >= 15 is 0 Å². The molecule has 0 amide bonds. The van der Waals surface area contributed by atoms with Crippen molar-refractivity contribution >= 4 is 181 Å². The van der Waals surface area contributed by atoms with Gasteiger partial charge in [-0.05, 0) is 273 Å². The van der Waals surface area contributed by atoms with Gasteiger partial charge in [0.05, 0.1) is 31.5 Å². The van der Waals surface area contributed by atoms with Gasteiger partial charge in [-0.25, -0.2) is 0 Å². The average molecular weight is 1860 g/mol. The van der Waals surface area contributed by atoms with Gasteiger partial charge in [-0.2, -0.15) is 0 Å². The topological polar surface area (TPSA) is 31.6 Å². The second kappa shape index (κ2) is 38.5. The molecular formula is C132H91ClN6S2. The van der Waals surface area contributed by atoms with Crippen LogP contribution >= 0.6 is 34.3 Å². The molecule has 141 heavy (non-hydrogen) atoms. The minimum atomic E-state index is 0.682. The Labute approximate surface area is 832 Å². The van der Waals surface area contributed by atoms with E-state index in [2.05, 4.69) is 514 Å². The fourth-order valence-electron chi connectivity index (χ4n) is 20.2.